The van der Waals surface area contributed by atoms with Crippen LogP contribution in [0.15, 0.2) is 71.4 Å². The Morgan fingerprint density at radius 1 is 1.00 bits per heavy atom. The molecular formula is C18H14F3NO3. The van der Waals surface area contributed by atoms with Crippen LogP contribution in [-0.2, 0) is 14.3 Å². The molecule has 0 heterocycles. The summed E-state index contributed by atoms with van der Waals surface area (Å²) in [6, 6.07) is 15.8. The molecule has 0 aliphatic rings. The highest BCUT2D eigenvalue weighted by Gasteiger charge is 2.40. The largest absolute Gasteiger partial charge is 0.468 e. The quantitative estimate of drug-likeness (QED) is 0.268. The minimum atomic E-state index is -4.89. The van der Waals surface area contributed by atoms with Gasteiger partial charge in [-0.2, -0.15) is 13.2 Å². The van der Waals surface area contributed by atoms with E-state index in [1.807, 2.05) is 0 Å². The van der Waals surface area contributed by atoms with Gasteiger partial charge in [-0.15, -0.1) is 0 Å². The van der Waals surface area contributed by atoms with Gasteiger partial charge in [0.15, 0.2) is 0 Å². The summed E-state index contributed by atoms with van der Waals surface area (Å²) in [6.07, 6.45) is -3.74. The fourth-order valence-corrected chi connectivity index (χ4v) is 1.80. The van der Waals surface area contributed by atoms with Crippen LogP contribution in [0.25, 0.3) is 6.08 Å². The van der Waals surface area contributed by atoms with E-state index in [9.17, 15) is 18.0 Å². The van der Waals surface area contributed by atoms with Gasteiger partial charge in [-0.05, 0) is 23.8 Å². The van der Waals surface area contributed by atoms with Crippen molar-refractivity contribution in [3.63, 3.8) is 0 Å². The van der Waals surface area contributed by atoms with Crippen LogP contribution in [0.4, 0.5) is 18.9 Å². The van der Waals surface area contributed by atoms with Crippen LogP contribution < -0.4 is 0 Å². The molecule has 0 saturated carbocycles. The summed E-state index contributed by atoms with van der Waals surface area (Å²) >= 11 is 0. The number of nitrogens with zero attached hydrogens (tertiary/aromatic N) is 1. The van der Waals surface area contributed by atoms with Crippen molar-refractivity contribution >= 4 is 23.6 Å². The number of carbonyl (C=O) groups excluding carboxylic acids is 1. The Kier molecular flexibility index (Phi) is 5.94. The first kappa shape index (κ1) is 18.3. The molecule has 0 aromatic heterocycles. The third-order valence-corrected chi connectivity index (χ3v) is 2.92. The van der Waals surface area contributed by atoms with E-state index in [1.165, 1.54) is 24.3 Å². The molecule has 0 atom stereocenters. The fourth-order valence-electron chi connectivity index (χ4n) is 1.80. The van der Waals surface area contributed by atoms with Gasteiger partial charge >= 0.3 is 18.0 Å². The van der Waals surface area contributed by atoms with Gasteiger partial charge in [0, 0.05) is 0 Å². The van der Waals surface area contributed by atoms with Crippen molar-refractivity contribution in [3.8, 4) is 0 Å². The lowest BCUT2D eigenvalue weighted by molar-refractivity contribution is -0.139. The molecule has 0 fully saturated rings. The highest BCUT2D eigenvalue weighted by atomic mass is 19.4. The number of alkyl halides is 3. The zero-order valence-corrected chi connectivity index (χ0v) is 13.2. The summed E-state index contributed by atoms with van der Waals surface area (Å²) in [6.45, 7) is 0. The molecule has 2 aromatic rings. The smallest absolute Gasteiger partial charge is 0.463 e. The highest BCUT2D eigenvalue weighted by molar-refractivity contribution is 5.96. The zero-order valence-electron chi connectivity index (χ0n) is 13.2. The molecule has 0 amide bonds. The number of hydrogen-bond donors (Lipinski definition) is 0. The second-order valence-corrected chi connectivity index (χ2v) is 4.76. The van der Waals surface area contributed by atoms with Crippen molar-refractivity contribution in [2.75, 3.05) is 7.11 Å². The number of aliphatic imine (C=N–C) groups is 1. The molecule has 0 aliphatic carbocycles. The number of para-hydroxylation sites is 1. The first-order chi connectivity index (χ1) is 11.9. The maximum Gasteiger partial charge on any atom is 0.468 e. The molecule has 0 bridgehead atoms. The van der Waals surface area contributed by atoms with Gasteiger partial charge in [0.25, 0.3) is 0 Å². The van der Waals surface area contributed by atoms with Crippen LogP contribution in [0.3, 0.4) is 0 Å². The van der Waals surface area contributed by atoms with Crippen molar-refractivity contribution in [1.29, 1.82) is 0 Å². The predicted molar refractivity (Wildman–Crippen MR) is 87.1 cm³/mol. The molecule has 130 valence electrons. The number of benzene rings is 2. The summed E-state index contributed by atoms with van der Waals surface area (Å²) in [5.41, 5.74) is 0.517. The molecular weight excluding hydrogens is 335 g/mol. The number of ether oxygens (including phenoxy) is 2. The summed E-state index contributed by atoms with van der Waals surface area (Å²) in [4.78, 5) is 15.2. The van der Waals surface area contributed by atoms with Gasteiger partial charge in [0.05, 0.1) is 12.8 Å². The lowest BCUT2D eigenvalue weighted by atomic mass is 10.2. The van der Waals surface area contributed by atoms with Crippen molar-refractivity contribution in [2.45, 2.75) is 6.18 Å². The molecule has 0 radical (unpaired) electrons. The lowest BCUT2D eigenvalue weighted by Gasteiger charge is -2.13. The average Bonchev–Trinajstić information content (AvgIpc) is 2.60. The minimum Gasteiger partial charge on any atom is -0.463 e. The number of hydrogen-bond acceptors (Lipinski definition) is 4. The number of esters is 1. The van der Waals surface area contributed by atoms with Gasteiger partial charge in [-0.25, -0.2) is 9.79 Å². The highest BCUT2D eigenvalue weighted by Crippen LogP contribution is 2.25. The number of carbonyl (C=O) groups is 1. The van der Waals surface area contributed by atoms with Crippen molar-refractivity contribution in [1.82, 2.24) is 0 Å². The summed E-state index contributed by atoms with van der Waals surface area (Å²) in [5.74, 6) is -3.24. The predicted octanol–water partition coefficient (Wildman–Crippen LogP) is 4.51. The van der Waals surface area contributed by atoms with Crippen molar-refractivity contribution < 1.29 is 27.4 Å². The third kappa shape index (κ3) is 5.49. The third-order valence-electron chi connectivity index (χ3n) is 2.92. The summed E-state index contributed by atoms with van der Waals surface area (Å²) < 4.78 is 49.0. The van der Waals surface area contributed by atoms with Crippen LogP contribution in [0.1, 0.15) is 5.56 Å². The Bertz CT molecular complexity index is 769. The monoisotopic (exact) mass is 349 g/mol. The number of rotatable bonds is 4. The first-order valence-corrected chi connectivity index (χ1v) is 7.14. The maximum atomic E-state index is 13.2. The van der Waals surface area contributed by atoms with E-state index in [2.05, 4.69) is 9.73 Å². The van der Waals surface area contributed by atoms with E-state index in [0.717, 1.165) is 13.2 Å². The molecule has 4 nitrogen and oxygen atoms in total. The van der Waals surface area contributed by atoms with Crippen LogP contribution in [-0.4, -0.2) is 25.2 Å². The van der Waals surface area contributed by atoms with Crippen molar-refractivity contribution in [2.24, 2.45) is 4.99 Å². The van der Waals surface area contributed by atoms with Crippen LogP contribution >= 0.6 is 0 Å². The van der Waals surface area contributed by atoms with E-state index in [4.69, 9.17) is 4.74 Å². The van der Waals surface area contributed by atoms with E-state index in [1.54, 1.807) is 36.4 Å². The maximum absolute atomic E-state index is 13.2. The van der Waals surface area contributed by atoms with Crippen LogP contribution in [0, 0.1) is 0 Å². The van der Waals surface area contributed by atoms with Gasteiger partial charge in [-0.3, -0.25) is 0 Å². The first-order valence-electron chi connectivity index (χ1n) is 7.14. The van der Waals surface area contributed by atoms with E-state index in [-0.39, 0.29) is 5.69 Å². The Hall–Kier alpha value is -3.09. The second kappa shape index (κ2) is 8.14. The average molecular weight is 349 g/mol. The van der Waals surface area contributed by atoms with Gasteiger partial charge < -0.3 is 9.47 Å². The molecule has 2 aromatic carbocycles. The molecule has 0 spiro atoms. The summed E-state index contributed by atoms with van der Waals surface area (Å²) in [5, 5.41) is 0. The number of halogens is 3. The molecule has 7 heteroatoms. The normalized spacial score (nSPS) is 12.6. The Balaban J connectivity index is 2.41. The SMILES string of the molecule is COC(=O)/C(=C/c1ccccc1)OC(=Nc1ccccc1)C(F)(F)F. The second-order valence-electron chi connectivity index (χ2n) is 4.76. The van der Waals surface area contributed by atoms with E-state index >= 15 is 0 Å². The molecule has 0 unspecified atom stereocenters. The minimum absolute atomic E-state index is 0.0405. The van der Waals surface area contributed by atoms with Crippen molar-refractivity contribution in [3.05, 3.63) is 72.0 Å². The van der Waals surface area contributed by atoms with E-state index < -0.39 is 23.8 Å². The van der Waals surface area contributed by atoms with Gasteiger partial charge in [0.1, 0.15) is 0 Å². The topological polar surface area (TPSA) is 47.9 Å². The van der Waals surface area contributed by atoms with Gasteiger partial charge in [-0.1, -0.05) is 48.5 Å². The Labute approximate surface area is 142 Å². The Morgan fingerprint density at radius 3 is 2.08 bits per heavy atom. The molecule has 0 aliphatic heterocycles. The van der Waals surface area contributed by atoms with Crippen LogP contribution in [0.2, 0.25) is 0 Å². The van der Waals surface area contributed by atoms with Gasteiger partial charge in [0.2, 0.25) is 5.76 Å². The Morgan fingerprint density at radius 2 is 1.56 bits per heavy atom. The van der Waals surface area contributed by atoms with Crippen LogP contribution in [0.5, 0.6) is 0 Å². The standard InChI is InChI=1S/C18H14F3NO3/c1-24-16(23)15(12-13-8-4-2-5-9-13)25-17(18(19,20)21)22-14-10-6-3-7-11-14/h2-12H,1H3/b15-12-,22-17?. The molecule has 0 saturated heterocycles. The zero-order chi connectivity index (χ0) is 18.3. The molecule has 0 N–H and O–H groups in total. The lowest BCUT2D eigenvalue weighted by Crippen LogP contribution is -2.27. The molecule has 2 rings (SSSR count). The van der Waals surface area contributed by atoms with E-state index in [0.29, 0.717) is 5.56 Å². The fraction of sp³-hybridized carbons (Fsp3) is 0.111. The summed E-state index contributed by atoms with van der Waals surface area (Å²) in [7, 11) is 1.05. The number of methoxy groups -OCH3 is 1. The molecule has 25 heavy (non-hydrogen) atoms.